The molecule has 2 heterocycles. The van der Waals surface area contributed by atoms with E-state index in [-0.39, 0.29) is 5.91 Å². The van der Waals surface area contributed by atoms with E-state index < -0.39 is 0 Å². The number of hydrogen-bond acceptors (Lipinski definition) is 4. The summed E-state index contributed by atoms with van der Waals surface area (Å²) in [5.74, 6) is 1.59. The van der Waals surface area contributed by atoms with E-state index in [0.717, 1.165) is 43.8 Å². The Morgan fingerprint density at radius 3 is 2.84 bits per heavy atom. The van der Waals surface area contributed by atoms with E-state index in [0.29, 0.717) is 18.9 Å². The minimum atomic E-state index is 0.257. The highest BCUT2D eigenvalue weighted by molar-refractivity contribution is 7.09. The quantitative estimate of drug-likeness (QED) is 0.783. The highest BCUT2D eigenvalue weighted by atomic mass is 32.1. The molecule has 1 aromatic carbocycles. The number of benzene rings is 1. The van der Waals surface area contributed by atoms with E-state index in [2.05, 4.69) is 24.0 Å². The molecular formula is C20H26N2O2S. The van der Waals surface area contributed by atoms with Crippen LogP contribution >= 0.6 is 11.3 Å². The van der Waals surface area contributed by atoms with Crippen LogP contribution in [0, 0.1) is 19.8 Å². The number of ether oxygens (including phenoxy) is 1. The fourth-order valence-corrected chi connectivity index (χ4v) is 4.00. The molecule has 3 rings (SSSR count). The average molecular weight is 359 g/mol. The number of carbonyl (C=O) groups excluding carboxylic acids is 1. The fourth-order valence-electron chi connectivity index (χ4n) is 3.22. The summed E-state index contributed by atoms with van der Waals surface area (Å²) in [6.45, 7) is 6.45. The zero-order valence-corrected chi connectivity index (χ0v) is 15.8. The Hall–Kier alpha value is -1.88. The first kappa shape index (κ1) is 17.9. The first-order chi connectivity index (χ1) is 12.1. The van der Waals surface area contributed by atoms with Crippen molar-refractivity contribution in [1.29, 1.82) is 0 Å². The molecule has 25 heavy (non-hydrogen) atoms. The molecule has 1 atom stereocenters. The predicted molar refractivity (Wildman–Crippen MR) is 101 cm³/mol. The third-order valence-corrected chi connectivity index (χ3v) is 5.78. The maximum atomic E-state index is 12.5. The smallest absolute Gasteiger partial charge is 0.222 e. The number of thiazole rings is 1. The summed E-state index contributed by atoms with van der Waals surface area (Å²) in [5.41, 5.74) is 4.15. The molecule has 1 saturated heterocycles. The van der Waals surface area contributed by atoms with Crippen molar-refractivity contribution in [3.63, 3.8) is 0 Å². The molecule has 2 aromatic rings. The zero-order valence-electron chi connectivity index (χ0n) is 15.0. The van der Waals surface area contributed by atoms with Crippen molar-refractivity contribution >= 4 is 17.2 Å². The SMILES string of the molecule is Cc1ccc(OC[C@@H]2CCCN(C(=O)CCc3scnc3C)C2)cc1. The number of likely N-dealkylation sites (tertiary alicyclic amines) is 1. The Morgan fingerprint density at radius 1 is 1.32 bits per heavy atom. The summed E-state index contributed by atoms with van der Waals surface area (Å²) in [4.78, 5) is 20.0. The first-order valence-electron chi connectivity index (χ1n) is 8.98. The lowest BCUT2D eigenvalue weighted by Gasteiger charge is -2.32. The molecule has 1 aromatic heterocycles. The lowest BCUT2D eigenvalue weighted by atomic mass is 9.98. The van der Waals surface area contributed by atoms with Gasteiger partial charge in [0.2, 0.25) is 5.91 Å². The number of amides is 1. The largest absolute Gasteiger partial charge is 0.493 e. The normalized spacial score (nSPS) is 17.5. The molecule has 0 N–H and O–H groups in total. The second-order valence-corrected chi connectivity index (χ2v) is 7.77. The van der Waals surface area contributed by atoms with Gasteiger partial charge >= 0.3 is 0 Å². The Kier molecular flexibility index (Phi) is 6.08. The van der Waals surface area contributed by atoms with E-state index in [4.69, 9.17) is 4.74 Å². The van der Waals surface area contributed by atoms with Crippen LogP contribution in [0.25, 0.3) is 0 Å². The van der Waals surface area contributed by atoms with E-state index >= 15 is 0 Å². The van der Waals surface area contributed by atoms with Crippen LogP contribution in [0.3, 0.4) is 0 Å². The molecule has 1 aliphatic rings. The number of nitrogens with zero attached hydrogens (tertiary/aromatic N) is 2. The maximum absolute atomic E-state index is 12.5. The third-order valence-electron chi connectivity index (χ3n) is 4.79. The van der Waals surface area contributed by atoms with Gasteiger partial charge in [-0.1, -0.05) is 17.7 Å². The van der Waals surface area contributed by atoms with Crippen LogP contribution in [0.2, 0.25) is 0 Å². The molecule has 0 spiro atoms. The fraction of sp³-hybridized carbons (Fsp3) is 0.500. The molecule has 0 unspecified atom stereocenters. The third kappa shape index (κ3) is 5.05. The molecular weight excluding hydrogens is 332 g/mol. The average Bonchev–Trinajstić information content (AvgIpc) is 3.04. The van der Waals surface area contributed by atoms with Crippen molar-refractivity contribution in [3.8, 4) is 5.75 Å². The number of aromatic nitrogens is 1. The van der Waals surface area contributed by atoms with Gasteiger partial charge in [-0.25, -0.2) is 4.98 Å². The van der Waals surface area contributed by atoms with E-state index in [1.54, 1.807) is 11.3 Å². The molecule has 0 bridgehead atoms. The number of aryl methyl sites for hydroxylation is 3. The predicted octanol–water partition coefficient (Wildman–Crippen LogP) is 4.01. The topological polar surface area (TPSA) is 42.4 Å². The van der Waals surface area contributed by atoms with E-state index in [9.17, 15) is 4.79 Å². The van der Waals surface area contributed by atoms with Gasteiger partial charge in [-0.2, -0.15) is 0 Å². The standard InChI is InChI=1S/C20H26N2O2S/c1-15-5-7-18(8-6-15)24-13-17-4-3-11-22(12-17)20(23)10-9-19-16(2)21-14-25-19/h5-8,14,17H,3-4,9-13H2,1-2H3/t17-/m1/s1. The van der Waals surface area contributed by atoms with Gasteiger partial charge in [0.15, 0.2) is 0 Å². The van der Waals surface area contributed by atoms with Gasteiger partial charge in [0, 0.05) is 30.3 Å². The molecule has 4 nitrogen and oxygen atoms in total. The van der Waals surface area contributed by atoms with Crippen molar-refractivity contribution in [3.05, 3.63) is 45.9 Å². The van der Waals surface area contributed by atoms with Crippen molar-refractivity contribution < 1.29 is 9.53 Å². The molecule has 0 radical (unpaired) electrons. The van der Waals surface area contributed by atoms with Gasteiger partial charge in [0.1, 0.15) is 5.75 Å². The lowest BCUT2D eigenvalue weighted by Crippen LogP contribution is -2.41. The minimum absolute atomic E-state index is 0.257. The molecule has 0 aliphatic carbocycles. The molecule has 1 aliphatic heterocycles. The molecule has 0 saturated carbocycles. The Morgan fingerprint density at radius 2 is 2.12 bits per heavy atom. The highest BCUT2D eigenvalue weighted by Gasteiger charge is 2.24. The van der Waals surface area contributed by atoms with Crippen LogP contribution in [-0.4, -0.2) is 35.5 Å². The van der Waals surface area contributed by atoms with Crippen molar-refractivity contribution in [2.45, 2.75) is 39.5 Å². The second kappa shape index (κ2) is 8.48. The first-order valence-corrected chi connectivity index (χ1v) is 9.86. The van der Waals surface area contributed by atoms with Crippen molar-refractivity contribution in [2.75, 3.05) is 19.7 Å². The van der Waals surface area contributed by atoms with Crippen LogP contribution in [0.1, 0.15) is 35.4 Å². The zero-order chi connectivity index (χ0) is 17.6. The summed E-state index contributed by atoms with van der Waals surface area (Å²) in [7, 11) is 0. The molecule has 1 amide bonds. The molecule has 134 valence electrons. The minimum Gasteiger partial charge on any atom is -0.493 e. The van der Waals surface area contributed by atoms with Gasteiger partial charge < -0.3 is 9.64 Å². The Bertz CT molecular complexity index is 696. The van der Waals surface area contributed by atoms with Crippen LogP contribution in [0.15, 0.2) is 29.8 Å². The second-order valence-electron chi connectivity index (χ2n) is 6.83. The number of hydrogen-bond donors (Lipinski definition) is 0. The van der Waals surface area contributed by atoms with Crippen molar-refractivity contribution in [1.82, 2.24) is 9.88 Å². The monoisotopic (exact) mass is 358 g/mol. The number of piperidine rings is 1. The molecule has 1 fully saturated rings. The van der Waals surface area contributed by atoms with Gasteiger partial charge in [0.25, 0.3) is 0 Å². The van der Waals surface area contributed by atoms with Gasteiger partial charge in [0.05, 0.1) is 17.8 Å². The summed E-state index contributed by atoms with van der Waals surface area (Å²) < 4.78 is 5.92. The van der Waals surface area contributed by atoms with Gasteiger partial charge in [-0.05, 0) is 45.2 Å². The summed E-state index contributed by atoms with van der Waals surface area (Å²) in [5, 5.41) is 0. The number of rotatable bonds is 6. The van der Waals surface area contributed by atoms with Crippen LogP contribution < -0.4 is 4.74 Å². The van der Waals surface area contributed by atoms with Gasteiger partial charge in [-0.3, -0.25) is 4.79 Å². The van der Waals surface area contributed by atoms with Crippen molar-refractivity contribution in [2.24, 2.45) is 5.92 Å². The van der Waals surface area contributed by atoms with Gasteiger partial charge in [-0.15, -0.1) is 11.3 Å². The Labute approximate surface area is 153 Å². The summed E-state index contributed by atoms with van der Waals surface area (Å²) in [6.07, 6.45) is 3.57. The van der Waals surface area contributed by atoms with Crippen LogP contribution in [0.5, 0.6) is 5.75 Å². The van der Waals surface area contributed by atoms with E-state index in [1.807, 2.05) is 29.5 Å². The van der Waals surface area contributed by atoms with Crippen LogP contribution in [-0.2, 0) is 11.2 Å². The lowest BCUT2D eigenvalue weighted by molar-refractivity contribution is -0.133. The number of carbonyl (C=O) groups is 1. The highest BCUT2D eigenvalue weighted by Crippen LogP contribution is 2.21. The Balaban J connectivity index is 1.46. The van der Waals surface area contributed by atoms with E-state index in [1.165, 1.54) is 10.4 Å². The van der Waals surface area contributed by atoms with Crippen LogP contribution in [0.4, 0.5) is 0 Å². The molecule has 5 heteroatoms. The maximum Gasteiger partial charge on any atom is 0.222 e. The summed E-state index contributed by atoms with van der Waals surface area (Å²) >= 11 is 1.64. The summed E-state index contributed by atoms with van der Waals surface area (Å²) in [6, 6.07) is 8.15.